The molecular weight excluding hydrogens is 300 g/mol. The van der Waals surface area contributed by atoms with Crippen molar-refractivity contribution >= 4 is 18.3 Å². The lowest BCUT2D eigenvalue weighted by atomic mass is 9.89. The van der Waals surface area contributed by atoms with Crippen LogP contribution in [0.2, 0.25) is 0 Å². The molecule has 0 spiro atoms. The molecule has 0 saturated carbocycles. The summed E-state index contributed by atoms with van der Waals surface area (Å²) in [5.74, 6) is 0.509. The molecule has 1 aliphatic heterocycles. The number of nitrogens with two attached hydrogens (primary N) is 1. The smallest absolute Gasteiger partial charge is 0.241 e. The maximum atomic E-state index is 11.9. The SMILES string of the molecule is CCc1ccc(CC2CCN(C(=O)[C@H](N)CO)CC2)cc1.Cl. The van der Waals surface area contributed by atoms with Gasteiger partial charge >= 0.3 is 0 Å². The maximum Gasteiger partial charge on any atom is 0.241 e. The van der Waals surface area contributed by atoms with E-state index >= 15 is 0 Å². The Labute approximate surface area is 139 Å². The topological polar surface area (TPSA) is 66.6 Å². The molecule has 1 aliphatic rings. The van der Waals surface area contributed by atoms with Gasteiger partial charge in [0.1, 0.15) is 6.04 Å². The van der Waals surface area contributed by atoms with Crippen LogP contribution in [-0.2, 0) is 17.6 Å². The molecule has 1 aromatic rings. The van der Waals surface area contributed by atoms with Crippen LogP contribution in [0.3, 0.4) is 0 Å². The Balaban J connectivity index is 0.00000242. The van der Waals surface area contributed by atoms with E-state index in [1.807, 2.05) is 0 Å². The van der Waals surface area contributed by atoms with Gasteiger partial charge in [0.2, 0.25) is 5.91 Å². The molecule has 22 heavy (non-hydrogen) atoms. The van der Waals surface area contributed by atoms with Crippen molar-refractivity contribution in [2.75, 3.05) is 19.7 Å². The van der Waals surface area contributed by atoms with Gasteiger partial charge in [0.05, 0.1) is 6.61 Å². The van der Waals surface area contributed by atoms with Gasteiger partial charge in [0.15, 0.2) is 0 Å². The van der Waals surface area contributed by atoms with Crippen molar-refractivity contribution in [2.24, 2.45) is 11.7 Å². The van der Waals surface area contributed by atoms with Crippen molar-refractivity contribution in [3.05, 3.63) is 35.4 Å². The second-order valence-electron chi connectivity index (χ2n) is 5.93. The van der Waals surface area contributed by atoms with E-state index in [1.54, 1.807) is 4.90 Å². The van der Waals surface area contributed by atoms with E-state index < -0.39 is 6.04 Å². The first kappa shape index (κ1) is 18.9. The van der Waals surface area contributed by atoms with Crippen molar-refractivity contribution in [2.45, 2.75) is 38.6 Å². The molecule has 0 bridgehead atoms. The molecule has 124 valence electrons. The van der Waals surface area contributed by atoms with Crippen molar-refractivity contribution in [3.8, 4) is 0 Å². The summed E-state index contributed by atoms with van der Waals surface area (Å²) in [5.41, 5.74) is 8.34. The molecular formula is C17H27ClN2O2. The van der Waals surface area contributed by atoms with Crippen LogP contribution in [0.25, 0.3) is 0 Å². The second-order valence-corrected chi connectivity index (χ2v) is 5.93. The Hall–Kier alpha value is -1.10. The summed E-state index contributed by atoms with van der Waals surface area (Å²) < 4.78 is 0. The first-order valence-corrected chi connectivity index (χ1v) is 7.87. The molecule has 0 radical (unpaired) electrons. The van der Waals surface area contributed by atoms with Crippen LogP contribution in [0.4, 0.5) is 0 Å². The summed E-state index contributed by atoms with van der Waals surface area (Å²) in [5, 5.41) is 8.95. The molecule has 1 atom stereocenters. The molecule has 4 nitrogen and oxygen atoms in total. The molecule has 0 aromatic heterocycles. The lowest BCUT2D eigenvalue weighted by Gasteiger charge is -2.33. The van der Waals surface area contributed by atoms with E-state index in [0.717, 1.165) is 38.8 Å². The lowest BCUT2D eigenvalue weighted by molar-refractivity contribution is -0.134. The van der Waals surface area contributed by atoms with Gasteiger partial charge in [-0.1, -0.05) is 31.2 Å². The van der Waals surface area contributed by atoms with Gasteiger partial charge in [-0.05, 0) is 42.7 Å². The van der Waals surface area contributed by atoms with Crippen LogP contribution in [0.5, 0.6) is 0 Å². The predicted molar refractivity (Wildman–Crippen MR) is 91.1 cm³/mol. The molecule has 3 N–H and O–H groups in total. The number of hydrogen-bond donors (Lipinski definition) is 2. The van der Waals surface area contributed by atoms with E-state index in [2.05, 4.69) is 31.2 Å². The molecule has 1 amide bonds. The molecule has 2 rings (SSSR count). The number of halogens is 1. The lowest BCUT2D eigenvalue weighted by Crippen LogP contribution is -2.48. The number of nitrogens with zero attached hydrogens (tertiary/aromatic N) is 1. The number of amides is 1. The largest absolute Gasteiger partial charge is 0.394 e. The number of likely N-dealkylation sites (tertiary alicyclic amines) is 1. The quantitative estimate of drug-likeness (QED) is 0.866. The highest BCUT2D eigenvalue weighted by Crippen LogP contribution is 2.22. The Bertz CT molecular complexity index is 456. The van der Waals surface area contributed by atoms with E-state index in [0.29, 0.717) is 5.92 Å². The van der Waals surface area contributed by atoms with E-state index in [9.17, 15) is 4.79 Å². The van der Waals surface area contributed by atoms with Gasteiger partial charge in [0.25, 0.3) is 0 Å². The minimum atomic E-state index is -0.761. The van der Waals surface area contributed by atoms with Gasteiger partial charge in [-0.3, -0.25) is 4.79 Å². The Kier molecular flexibility index (Phi) is 7.87. The highest BCUT2D eigenvalue weighted by atomic mass is 35.5. The number of aliphatic hydroxyl groups excluding tert-OH is 1. The highest BCUT2D eigenvalue weighted by Gasteiger charge is 2.25. The number of aryl methyl sites for hydroxylation is 1. The average Bonchev–Trinajstić information content (AvgIpc) is 2.55. The molecule has 1 aromatic carbocycles. The van der Waals surface area contributed by atoms with Crippen molar-refractivity contribution in [1.82, 2.24) is 4.90 Å². The standard InChI is InChI=1S/C17H26N2O2.ClH/c1-2-13-3-5-14(6-4-13)11-15-7-9-19(10-8-15)17(21)16(18)12-20;/h3-6,15-16,20H,2,7-12,18H2,1H3;1H/t16-;/m1./s1. The zero-order chi connectivity index (χ0) is 15.2. The summed E-state index contributed by atoms with van der Waals surface area (Å²) in [7, 11) is 0. The highest BCUT2D eigenvalue weighted by molar-refractivity contribution is 5.85. The van der Waals surface area contributed by atoms with E-state index in [-0.39, 0.29) is 24.9 Å². The van der Waals surface area contributed by atoms with Crippen molar-refractivity contribution < 1.29 is 9.90 Å². The summed E-state index contributed by atoms with van der Waals surface area (Å²) in [6.07, 6.45) is 4.18. The second kappa shape index (κ2) is 9.13. The monoisotopic (exact) mass is 326 g/mol. The van der Waals surface area contributed by atoms with Gasteiger partial charge < -0.3 is 15.7 Å². The van der Waals surface area contributed by atoms with E-state index in [1.165, 1.54) is 11.1 Å². The van der Waals surface area contributed by atoms with Crippen LogP contribution >= 0.6 is 12.4 Å². The van der Waals surface area contributed by atoms with Crippen LogP contribution in [0.1, 0.15) is 30.9 Å². The molecule has 0 aliphatic carbocycles. The molecule has 1 fully saturated rings. The van der Waals surface area contributed by atoms with Crippen LogP contribution in [0, 0.1) is 5.92 Å². The summed E-state index contributed by atoms with van der Waals surface area (Å²) in [6, 6.07) is 8.08. The number of piperidine rings is 1. The Morgan fingerprint density at radius 2 is 1.82 bits per heavy atom. The molecule has 0 unspecified atom stereocenters. The van der Waals surface area contributed by atoms with Crippen LogP contribution in [0.15, 0.2) is 24.3 Å². The Morgan fingerprint density at radius 3 is 2.32 bits per heavy atom. The van der Waals surface area contributed by atoms with Crippen molar-refractivity contribution in [1.29, 1.82) is 0 Å². The van der Waals surface area contributed by atoms with Crippen molar-refractivity contribution in [3.63, 3.8) is 0 Å². The number of hydrogen-bond acceptors (Lipinski definition) is 3. The van der Waals surface area contributed by atoms with Crippen LogP contribution < -0.4 is 5.73 Å². The first-order chi connectivity index (χ1) is 10.1. The fourth-order valence-corrected chi connectivity index (χ4v) is 2.91. The van der Waals surface area contributed by atoms with Crippen LogP contribution in [-0.4, -0.2) is 41.7 Å². The average molecular weight is 327 g/mol. The third-order valence-electron chi connectivity index (χ3n) is 4.40. The van der Waals surface area contributed by atoms with Gasteiger partial charge in [-0.2, -0.15) is 0 Å². The normalized spacial score (nSPS) is 17.0. The number of benzene rings is 1. The zero-order valence-corrected chi connectivity index (χ0v) is 14.0. The predicted octanol–water partition coefficient (Wildman–Crippen LogP) is 1.77. The molecule has 1 saturated heterocycles. The summed E-state index contributed by atoms with van der Waals surface area (Å²) in [4.78, 5) is 13.7. The summed E-state index contributed by atoms with van der Waals surface area (Å²) >= 11 is 0. The summed E-state index contributed by atoms with van der Waals surface area (Å²) in [6.45, 7) is 3.40. The van der Waals surface area contributed by atoms with Gasteiger partial charge in [-0.25, -0.2) is 0 Å². The number of aliphatic hydroxyl groups is 1. The van der Waals surface area contributed by atoms with Gasteiger partial charge in [0, 0.05) is 13.1 Å². The maximum absolute atomic E-state index is 11.9. The molecule has 5 heteroatoms. The fourth-order valence-electron chi connectivity index (χ4n) is 2.91. The third kappa shape index (κ3) is 4.97. The third-order valence-corrected chi connectivity index (χ3v) is 4.40. The fraction of sp³-hybridized carbons (Fsp3) is 0.588. The Morgan fingerprint density at radius 1 is 1.27 bits per heavy atom. The van der Waals surface area contributed by atoms with Gasteiger partial charge in [-0.15, -0.1) is 12.4 Å². The number of carbonyl (C=O) groups is 1. The zero-order valence-electron chi connectivity index (χ0n) is 13.2. The minimum Gasteiger partial charge on any atom is -0.394 e. The molecule has 1 heterocycles. The number of rotatable bonds is 5. The number of carbonyl (C=O) groups excluding carboxylic acids is 1. The minimum absolute atomic E-state index is 0. The van der Waals surface area contributed by atoms with E-state index in [4.69, 9.17) is 10.8 Å². The first-order valence-electron chi connectivity index (χ1n) is 7.87.